The van der Waals surface area contributed by atoms with Crippen molar-refractivity contribution in [2.45, 2.75) is 30.8 Å². The molecule has 0 unspecified atom stereocenters. The standard InChI is InChI=1S/C22H25N3O6S/c1-14-21(26)24-19-13-18(7-8-20(19)31-14)32(28,29)25-11-9-15(10-12-25)22(27)23-16-3-5-17(30-2)6-4-16/h3-8,13-15H,9-12H2,1-2H3,(H,23,27)(H,24,26)/t14-/m1/s1. The molecule has 10 heteroatoms. The average molecular weight is 460 g/mol. The molecule has 2 aromatic carbocycles. The number of hydrogen-bond donors (Lipinski definition) is 2. The number of sulfonamides is 1. The summed E-state index contributed by atoms with van der Waals surface area (Å²) in [6.45, 7) is 2.10. The van der Waals surface area contributed by atoms with Crippen LogP contribution in [0.4, 0.5) is 11.4 Å². The molecule has 4 rings (SSSR count). The topological polar surface area (TPSA) is 114 Å². The van der Waals surface area contributed by atoms with Crippen molar-refractivity contribution < 1.29 is 27.5 Å². The van der Waals surface area contributed by atoms with Gasteiger partial charge in [-0.1, -0.05) is 0 Å². The van der Waals surface area contributed by atoms with Crippen LogP contribution in [0.5, 0.6) is 11.5 Å². The van der Waals surface area contributed by atoms with Gasteiger partial charge in [0.2, 0.25) is 15.9 Å². The van der Waals surface area contributed by atoms with Crippen LogP contribution in [0.25, 0.3) is 0 Å². The van der Waals surface area contributed by atoms with Gasteiger partial charge in [0.15, 0.2) is 6.10 Å². The van der Waals surface area contributed by atoms with Gasteiger partial charge in [-0.2, -0.15) is 4.31 Å². The van der Waals surface area contributed by atoms with Crippen LogP contribution in [-0.2, 0) is 19.6 Å². The summed E-state index contributed by atoms with van der Waals surface area (Å²) in [5.41, 5.74) is 1.00. The molecule has 0 spiro atoms. The molecule has 0 aliphatic carbocycles. The highest BCUT2D eigenvalue weighted by Crippen LogP contribution is 2.33. The lowest BCUT2D eigenvalue weighted by molar-refractivity contribution is -0.123. The minimum Gasteiger partial charge on any atom is -0.497 e. The third-order valence-corrected chi connectivity index (χ3v) is 7.60. The van der Waals surface area contributed by atoms with E-state index in [-0.39, 0.29) is 35.7 Å². The van der Waals surface area contributed by atoms with Crippen LogP contribution in [-0.4, -0.2) is 50.8 Å². The Hall–Kier alpha value is -3.11. The fourth-order valence-electron chi connectivity index (χ4n) is 3.77. The van der Waals surface area contributed by atoms with Gasteiger partial charge in [0, 0.05) is 24.7 Å². The van der Waals surface area contributed by atoms with Crippen LogP contribution in [0.3, 0.4) is 0 Å². The molecular formula is C22H25N3O6S. The maximum atomic E-state index is 13.1. The molecule has 0 radical (unpaired) electrons. The smallest absolute Gasteiger partial charge is 0.265 e. The average Bonchev–Trinajstić information content (AvgIpc) is 2.80. The maximum absolute atomic E-state index is 13.1. The van der Waals surface area contributed by atoms with Crippen LogP contribution in [0.1, 0.15) is 19.8 Å². The molecule has 9 nitrogen and oxygen atoms in total. The van der Waals surface area contributed by atoms with Crippen molar-refractivity contribution in [3.05, 3.63) is 42.5 Å². The van der Waals surface area contributed by atoms with Crippen LogP contribution in [0, 0.1) is 5.92 Å². The molecule has 0 aromatic heterocycles. The molecular weight excluding hydrogens is 434 g/mol. The Morgan fingerprint density at radius 3 is 2.50 bits per heavy atom. The quantitative estimate of drug-likeness (QED) is 0.710. The number of anilines is 2. The SMILES string of the molecule is COc1ccc(NC(=O)C2CCN(S(=O)(=O)c3ccc4c(c3)NC(=O)[C@@H](C)O4)CC2)cc1. The molecule has 2 amide bonds. The number of ether oxygens (including phenoxy) is 2. The molecule has 2 heterocycles. The van der Waals surface area contributed by atoms with E-state index in [9.17, 15) is 18.0 Å². The van der Waals surface area contributed by atoms with Crippen LogP contribution < -0.4 is 20.1 Å². The Labute approximate surface area is 186 Å². The summed E-state index contributed by atoms with van der Waals surface area (Å²) in [7, 11) is -2.19. The number of nitrogens with one attached hydrogen (secondary N) is 2. The van der Waals surface area contributed by atoms with Crippen molar-refractivity contribution in [3.8, 4) is 11.5 Å². The molecule has 0 bridgehead atoms. The molecule has 32 heavy (non-hydrogen) atoms. The zero-order valence-corrected chi connectivity index (χ0v) is 18.6. The Balaban J connectivity index is 1.39. The minimum atomic E-state index is -3.76. The Morgan fingerprint density at radius 1 is 1.16 bits per heavy atom. The number of benzene rings is 2. The molecule has 2 aliphatic rings. The highest BCUT2D eigenvalue weighted by Gasteiger charge is 2.33. The third-order valence-electron chi connectivity index (χ3n) is 5.70. The normalized spacial score (nSPS) is 19.4. The Kier molecular flexibility index (Phi) is 6.07. The minimum absolute atomic E-state index is 0.0795. The van der Waals surface area contributed by atoms with Gasteiger partial charge in [0.1, 0.15) is 11.5 Å². The molecule has 1 saturated heterocycles. The van der Waals surface area contributed by atoms with E-state index in [0.29, 0.717) is 35.7 Å². The van der Waals surface area contributed by atoms with Gasteiger partial charge < -0.3 is 20.1 Å². The first-order valence-electron chi connectivity index (χ1n) is 10.3. The Bertz CT molecular complexity index is 1120. The number of nitrogens with zero attached hydrogens (tertiary/aromatic N) is 1. The lowest BCUT2D eigenvalue weighted by Crippen LogP contribution is -2.41. The van der Waals surface area contributed by atoms with Crippen molar-refractivity contribution in [3.63, 3.8) is 0 Å². The summed E-state index contributed by atoms with van der Waals surface area (Å²) >= 11 is 0. The van der Waals surface area contributed by atoms with Gasteiger partial charge in [0.25, 0.3) is 5.91 Å². The van der Waals surface area contributed by atoms with Gasteiger partial charge in [-0.25, -0.2) is 8.42 Å². The molecule has 2 aromatic rings. The van der Waals surface area contributed by atoms with Gasteiger partial charge in [-0.05, 0) is 62.2 Å². The van der Waals surface area contributed by atoms with Crippen LogP contribution >= 0.6 is 0 Å². The van der Waals surface area contributed by atoms with Crippen molar-refractivity contribution in [1.82, 2.24) is 4.31 Å². The number of amides is 2. The van der Waals surface area contributed by atoms with Crippen LogP contribution in [0.2, 0.25) is 0 Å². The van der Waals surface area contributed by atoms with E-state index in [4.69, 9.17) is 9.47 Å². The molecule has 1 fully saturated rings. The van der Waals surface area contributed by atoms with Crippen molar-refractivity contribution in [2.24, 2.45) is 5.92 Å². The predicted octanol–water partition coefficient (Wildman–Crippen LogP) is 2.45. The van der Waals surface area contributed by atoms with Crippen molar-refractivity contribution >= 4 is 33.2 Å². The number of hydrogen-bond acceptors (Lipinski definition) is 6. The van der Waals surface area contributed by atoms with Gasteiger partial charge in [0.05, 0.1) is 17.7 Å². The monoisotopic (exact) mass is 459 g/mol. The second-order valence-electron chi connectivity index (χ2n) is 7.80. The zero-order chi connectivity index (χ0) is 22.9. The molecule has 0 saturated carbocycles. The number of fused-ring (bicyclic) bond motifs is 1. The molecule has 2 aliphatic heterocycles. The maximum Gasteiger partial charge on any atom is 0.265 e. The summed E-state index contributed by atoms with van der Waals surface area (Å²) in [4.78, 5) is 24.5. The largest absolute Gasteiger partial charge is 0.497 e. The molecule has 1 atom stereocenters. The van der Waals surface area contributed by atoms with E-state index in [1.54, 1.807) is 44.4 Å². The van der Waals surface area contributed by atoms with Crippen molar-refractivity contribution in [2.75, 3.05) is 30.8 Å². The van der Waals surface area contributed by atoms with E-state index in [2.05, 4.69) is 10.6 Å². The van der Waals surface area contributed by atoms with Crippen molar-refractivity contribution in [1.29, 1.82) is 0 Å². The van der Waals surface area contributed by atoms with E-state index in [1.807, 2.05) is 0 Å². The summed E-state index contributed by atoms with van der Waals surface area (Å²) in [5.74, 6) is 0.404. The third kappa shape index (κ3) is 4.42. The highest BCUT2D eigenvalue weighted by molar-refractivity contribution is 7.89. The first-order valence-corrected chi connectivity index (χ1v) is 11.8. The molecule has 2 N–H and O–H groups in total. The number of methoxy groups -OCH3 is 1. The first kappa shape index (κ1) is 22.1. The Morgan fingerprint density at radius 2 is 1.84 bits per heavy atom. The second kappa shape index (κ2) is 8.79. The number of rotatable bonds is 5. The summed E-state index contributed by atoms with van der Waals surface area (Å²) < 4.78 is 38.2. The fraction of sp³-hybridized carbons (Fsp3) is 0.364. The second-order valence-corrected chi connectivity index (χ2v) is 9.74. The lowest BCUT2D eigenvalue weighted by atomic mass is 9.97. The van der Waals surface area contributed by atoms with E-state index >= 15 is 0 Å². The van der Waals surface area contributed by atoms with Gasteiger partial charge >= 0.3 is 0 Å². The van der Waals surface area contributed by atoms with E-state index < -0.39 is 16.1 Å². The summed E-state index contributed by atoms with van der Waals surface area (Å²) in [6.07, 6.45) is 0.209. The van der Waals surface area contributed by atoms with E-state index in [1.165, 1.54) is 16.4 Å². The predicted molar refractivity (Wildman–Crippen MR) is 118 cm³/mol. The number of carbonyl (C=O) groups is 2. The molecule has 170 valence electrons. The fourth-order valence-corrected chi connectivity index (χ4v) is 5.27. The zero-order valence-electron chi connectivity index (χ0n) is 17.8. The summed E-state index contributed by atoms with van der Waals surface area (Å²) in [6, 6.07) is 11.5. The van der Waals surface area contributed by atoms with Gasteiger partial charge in [-0.15, -0.1) is 0 Å². The summed E-state index contributed by atoms with van der Waals surface area (Å²) in [5, 5.41) is 5.54. The first-order chi connectivity index (χ1) is 15.3. The van der Waals surface area contributed by atoms with Crippen LogP contribution in [0.15, 0.2) is 47.4 Å². The highest BCUT2D eigenvalue weighted by atomic mass is 32.2. The van der Waals surface area contributed by atoms with Gasteiger partial charge in [-0.3, -0.25) is 9.59 Å². The number of piperidine rings is 1. The van der Waals surface area contributed by atoms with E-state index in [0.717, 1.165) is 0 Å². The lowest BCUT2D eigenvalue weighted by Gasteiger charge is -2.31. The number of carbonyl (C=O) groups excluding carboxylic acids is 2.